The van der Waals surface area contributed by atoms with Crippen LogP contribution in [-0.2, 0) is 0 Å². The van der Waals surface area contributed by atoms with Gasteiger partial charge in [0.1, 0.15) is 5.75 Å². The topological polar surface area (TPSA) is 25.0 Å². The Bertz CT molecular complexity index is 1250. The molecule has 0 radical (unpaired) electrons. The number of ether oxygens (including phenoxy) is 1. The molecule has 1 N–H and O–H groups in total. The van der Waals surface area contributed by atoms with Gasteiger partial charge in [-0.15, -0.1) is 0 Å². The Morgan fingerprint density at radius 1 is 0.750 bits per heavy atom. The summed E-state index contributed by atoms with van der Waals surface area (Å²) in [6.45, 7) is 2.14. The van der Waals surface area contributed by atoms with Crippen molar-refractivity contribution in [3.05, 3.63) is 66.2 Å². The number of nitrogens with one attached hydrogen (secondary N) is 1. The van der Waals surface area contributed by atoms with Crippen LogP contribution in [0.3, 0.4) is 0 Å². The second-order valence-electron chi connectivity index (χ2n) is 6.38. The minimum Gasteiger partial charge on any atom is -0.497 e. The van der Waals surface area contributed by atoms with E-state index in [1.807, 2.05) is 6.07 Å². The van der Waals surface area contributed by atoms with Crippen LogP contribution in [0.5, 0.6) is 5.75 Å². The highest BCUT2D eigenvalue weighted by molar-refractivity contribution is 6.31. The Morgan fingerprint density at radius 3 is 2.42 bits per heavy atom. The normalized spacial score (nSPS) is 11.8. The van der Waals surface area contributed by atoms with Gasteiger partial charge >= 0.3 is 0 Å². The van der Waals surface area contributed by atoms with Crippen molar-refractivity contribution >= 4 is 43.4 Å². The van der Waals surface area contributed by atoms with Gasteiger partial charge in [0.05, 0.1) is 12.6 Å². The molecule has 0 aliphatic rings. The summed E-state index contributed by atoms with van der Waals surface area (Å²) in [6.07, 6.45) is 0. The van der Waals surface area contributed by atoms with E-state index in [2.05, 4.69) is 66.5 Å². The molecule has 0 atom stereocenters. The number of H-pyrrole nitrogens is 1. The maximum atomic E-state index is 5.47. The molecule has 4 aromatic carbocycles. The molecule has 0 spiro atoms. The number of aryl methyl sites for hydroxylation is 1. The molecule has 0 unspecified atom stereocenters. The SMILES string of the molecule is COc1ccc2c(c1)c1cc(C)ccc1c1[nH]c3ccccc3c21. The highest BCUT2D eigenvalue weighted by Crippen LogP contribution is 2.40. The number of methoxy groups -OCH3 is 1. The average Bonchev–Trinajstić information content (AvgIpc) is 3.01. The fourth-order valence-corrected chi connectivity index (χ4v) is 3.81. The number of aromatic amines is 1. The molecular formula is C22H17NO. The van der Waals surface area contributed by atoms with Crippen molar-refractivity contribution in [2.75, 3.05) is 7.11 Å². The first-order valence-corrected chi connectivity index (χ1v) is 8.17. The molecule has 0 saturated carbocycles. The van der Waals surface area contributed by atoms with E-state index in [0.717, 1.165) is 5.75 Å². The third kappa shape index (κ3) is 1.71. The average molecular weight is 311 g/mol. The second kappa shape index (κ2) is 4.75. The van der Waals surface area contributed by atoms with Crippen molar-refractivity contribution in [2.24, 2.45) is 0 Å². The zero-order valence-electron chi connectivity index (χ0n) is 13.7. The predicted octanol–water partition coefficient (Wildman–Crippen LogP) is 5.94. The van der Waals surface area contributed by atoms with Crippen LogP contribution >= 0.6 is 0 Å². The largest absolute Gasteiger partial charge is 0.497 e. The van der Waals surface area contributed by atoms with Gasteiger partial charge in [-0.3, -0.25) is 0 Å². The molecule has 0 saturated heterocycles. The Kier molecular flexibility index (Phi) is 2.66. The summed E-state index contributed by atoms with van der Waals surface area (Å²) < 4.78 is 5.47. The number of hydrogen-bond acceptors (Lipinski definition) is 1. The summed E-state index contributed by atoms with van der Waals surface area (Å²) in [4.78, 5) is 3.63. The lowest BCUT2D eigenvalue weighted by molar-refractivity contribution is 0.415. The van der Waals surface area contributed by atoms with Gasteiger partial charge in [-0.05, 0) is 47.3 Å². The van der Waals surface area contributed by atoms with E-state index in [1.165, 1.54) is 48.9 Å². The van der Waals surface area contributed by atoms with Crippen molar-refractivity contribution in [2.45, 2.75) is 6.92 Å². The molecule has 5 aromatic rings. The molecule has 0 aliphatic heterocycles. The second-order valence-corrected chi connectivity index (χ2v) is 6.38. The minimum absolute atomic E-state index is 0.893. The van der Waals surface area contributed by atoms with Crippen molar-refractivity contribution < 1.29 is 4.74 Å². The van der Waals surface area contributed by atoms with Gasteiger partial charge in [-0.1, -0.05) is 42.0 Å². The molecule has 2 nitrogen and oxygen atoms in total. The quantitative estimate of drug-likeness (QED) is 0.380. The fraction of sp³-hybridized carbons (Fsp3) is 0.0909. The van der Waals surface area contributed by atoms with Crippen molar-refractivity contribution in [1.29, 1.82) is 0 Å². The summed E-state index contributed by atoms with van der Waals surface area (Å²) in [5.41, 5.74) is 3.66. The molecule has 0 fully saturated rings. The molecular weight excluding hydrogens is 294 g/mol. The van der Waals surface area contributed by atoms with Crippen LogP contribution < -0.4 is 4.74 Å². The minimum atomic E-state index is 0.893. The highest BCUT2D eigenvalue weighted by Gasteiger charge is 2.14. The smallest absolute Gasteiger partial charge is 0.119 e. The zero-order chi connectivity index (χ0) is 16.3. The van der Waals surface area contributed by atoms with E-state index in [1.54, 1.807) is 7.11 Å². The zero-order valence-corrected chi connectivity index (χ0v) is 13.7. The summed E-state index contributed by atoms with van der Waals surface area (Å²) in [7, 11) is 1.72. The Hall–Kier alpha value is -3.00. The Labute approximate surface area is 139 Å². The van der Waals surface area contributed by atoms with Crippen LogP contribution in [0, 0.1) is 6.92 Å². The van der Waals surface area contributed by atoms with Crippen LogP contribution in [0.15, 0.2) is 60.7 Å². The number of benzene rings is 4. The number of hydrogen-bond donors (Lipinski definition) is 1. The van der Waals surface area contributed by atoms with E-state index in [-0.39, 0.29) is 0 Å². The van der Waals surface area contributed by atoms with Crippen LogP contribution in [0.2, 0.25) is 0 Å². The molecule has 0 bridgehead atoms. The van der Waals surface area contributed by atoms with Crippen molar-refractivity contribution in [3.8, 4) is 5.75 Å². The Morgan fingerprint density at radius 2 is 1.54 bits per heavy atom. The van der Waals surface area contributed by atoms with Gasteiger partial charge in [0, 0.05) is 21.7 Å². The molecule has 5 rings (SSSR count). The Balaban J connectivity index is 2.15. The van der Waals surface area contributed by atoms with Gasteiger partial charge < -0.3 is 9.72 Å². The van der Waals surface area contributed by atoms with Crippen LogP contribution in [0.1, 0.15) is 5.56 Å². The van der Waals surface area contributed by atoms with Gasteiger partial charge in [0.25, 0.3) is 0 Å². The third-order valence-electron chi connectivity index (χ3n) is 4.94. The lowest BCUT2D eigenvalue weighted by Gasteiger charge is -2.10. The van der Waals surface area contributed by atoms with Gasteiger partial charge in [-0.2, -0.15) is 0 Å². The highest BCUT2D eigenvalue weighted by atomic mass is 16.5. The molecule has 1 aromatic heterocycles. The first kappa shape index (κ1) is 13.4. The standard InChI is InChI=1S/C22H17NO/c1-13-7-9-16-18(11-13)19-12-14(24-2)8-10-15(19)21-17-5-3-4-6-20(17)23-22(16)21/h3-12,23H,1-2H3. The maximum absolute atomic E-state index is 5.47. The summed E-state index contributed by atoms with van der Waals surface area (Å²) in [6, 6.07) is 21.6. The van der Waals surface area contributed by atoms with E-state index in [0.29, 0.717) is 0 Å². The van der Waals surface area contributed by atoms with E-state index < -0.39 is 0 Å². The van der Waals surface area contributed by atoms with Crippen LogP contribution in [0.25, 0.3) is 43.4 Å². The van der Waals surface area contributed by atoms with E-state index in [9.17, 15) is 0 Å². The molecule has 0 aliphatic carbocycles. The molecule has 1 heterocycles. The number of para-hydroxylation sites is 1. The van der Waals surface area contributed by atoms with Gasteiger partial charge in [-0.25, -0.2) is 0 Å². The molecule has 24 heavy (non-hydrogen) atoms. The van der Waals surface area contributed by atoms with Crippen LogP contribution in [-0.4, -0.2) is 12.1 Å². The predicted molar refractivity (Wildman–Crippen MR) is 102 cm³/mol. The monoisotopic (exact) mass is 311 g/mol. The summed E-state index contributed by atoms with van der Waals surface area (Å²) in [5.74, 6) is 0.893. The summed E-state index contributed by atoms with van der Waals surface area (Å²) >= 11 is 0. The number of aromatic nitrogens is 1. The third-order valence-corrected chi connectivity index (χ3v) is 4.94. The first-order valence-electron chi connectivity index (χ1n) is 8.17. The van der Waals surface area contributed by atoms with E-state index in [4.69, 9.17) is 4.74 Å². The molecule has 116 valence electrons. The molecule has 0 amide bonds. The lowest BCUT2D eigenvalue weighted by atomic mass is 9.95. The van der Waals surface area contributed by atoms with Gasteiger partial charge in [0.2, 0.25) is 0 Å². The number of rotatable bonds is 1. The van der Waals surface area contributed by atoms with Gasteiger partial charge in [0.15, 0.2) is 0 Å². The fourth-order valence-electron chi connectivity index (χ4n) is 3.81. The first-order chi connectivity index (χ1) is 11.8. The maximum Gasteiger partial charge on any atom is 0.119 e. The van der Waals surface area contributed by atoms with Crippen molar-refractivity contribution in [1.82, 2.24) is 4.98 Å². The van der Waals surface area contributed by atoms with Crippen molar-refractivity contribution in [3.63, 3.8) is 0 Å². The number of fused-ring (bicyclic) bond motifs is 8. The van der Waals surface area contributed by atoms with Crippen LogP contribution in [0.4, 0.5) is 0 Å². The molecule has 2 heteroatoms. The van der Waals surface area contributed by atoms with E-state index >= 15 is 0 Å². The lowest BCUT2D eigenvalue weighted by Crippen LogP contribution is -1.86. The summed E-state index contributed by atoms with van der Waals surface area (Å²) in [5, 5.41) is 7.59.